The first-order valence-corrected chi connectivity index (χ1v) is 11.2. The van der Waals surface area contributed by atoms with Crippen LogP contribution >= 0.6 is 0 Å². The zero-order chi connectivity index (χ0) is 26.6. The Balaban J connectivity index is 1.61. The standard InChI is InChI=1S/C26H22F4N4O3/c1-15-4-7-22(17-5-6-19(20(12-17)26(28,29)30)25(36)34-37-10-9-35)33-24(15)32-14-18-11-16-3-2-8-31-23(16)13-21(18)27/h2-8,11-13,35H,9-10,14H2,1H3,(H,32,33)(H,34,36). The number of hydroxylamine groups is 1. The van der Waals surface area contributed by atoms with Crippen LogP contribution in [0.3, 0.4) is 0 Å². The molecular formula is C26H22F4N4O3. The molecule has 0 fully saturated rings. The summed E-state index contributed by atoms with van der Waals surface area (Å²) < 4.78 is 55.8. The quantitative estimate of drug-likeness (QED) is 0.173. The number of aromatic nitrogens is 2. The molecule has 0 unspecified atom stereocenters. The SMILES string of the molecule is Cc1ccc(-c2ccc(C(=O)NOCCO)c(C(F)(F)F)c2)nc1NCc1cc2cccnc2cc1F. The lowest BCUT2D eigenvalue weighted by Gasteiger charge is -2.15. The summed E-state index contributed by atoms with van der Waals surface area (Å²) in [5, 5.41) is 12.5. The summed E-state index contributed by atoms with van der Waals surface area (Å²) >= 11 is 0. The van der Waals surface area contributed by atoms with E-state index in [9.17, 15) is 22.4 Å². The monoisotopic (exact) mass is 514 g/mol. The van der Waals surface area contributed by atoms with Crippen LogP contribution in [0.25, 0.3) is 22.2 Å². The second-order valence-electron chi connectivity index (χ2n) is 8.12. The molecule has 37 heavy (non-hydrogen) atoms. The van der Waals surface area contributed by atoms with Gasteiger partial charge in [-0.05, 0) is 42.8 Å². The van der Waals surface area contributed by atoms with E-state index in [2.05, 4.69) is 20.1 Å². The Morgan fingerprint density at radius 1 is 1.11 bits per heavy atom. The third kappa shape index (κ3) is 6.01. The molecule has 4 rings (SSSR count). The number of aliphatic hydroxyl groups is 1. The fourth-order valence-corrected chi connectivity index (χ4v) is 3.68. The first-order chi connectivity index (χ1) is 17.7. The average molecular weight is 514 g/mol. The third-order valence-corrected chi connectivity index (χ3v) is 5.54. The molecule has 1 amide bonds. The Hall–Kier alpha value is -4.09. The Morgan fingerprint density at radius 2 is 1.92 bits per heavy atom. The molecule has 192 valence electrons. The van der Waals surface area contributed by atoms with E-state index in [1.165, 1.54) is 12.1 Å². The van der Waals surface area contributed by atoms with Crippen molar-refractivity contribution in [3.8, 4) is 11.3 Å². The van der Waals surface area contributed by atoms with E-state index in [1.807, 2.05) is 11.5 Å². The third-order valence-electron chi connectivity index (χ3n) is 5.54. The lowest BCUT2D eigenvalue weighted by molar-refractivity contribution is -0.138. The van der Waals surface area contributed by atoms with Crippen LogP contribution in [-0.2, 0) is 17.6 Å². The van der Waals surface area contributed by atoms with Gasteiger partial charge in [0.15, 0.2) is 0 Å². The van der Waals surface area contributed by atoms with Gasteiger partial charge in [0.2, 0.25) is 0 Å². The molecule has 2 heterocycles. The number of hydrogen-bond donors (Lipinski definition) is 3. The van der Waals surface area contributed by atoms with Gasteiger partial charge >= 0.3 is 6.18 Å². The highest BCUT2D eigenvalue weighted by atomic mass is 19.4. The zero-order valence-electron chi connectivity index (χ0n) is 19.6. The minimum absolute atomic E-state index is 0.0920. The molecule has 11 heteroatoms. The number of aryl methyl sites for hydroxylation is 1. The van der Waals surface area contributed by atoms with Crippen molar-refractivity contribution in [2.24, 2.45) is 0 Å². The maximum Gasteiger partial charge on any atom is 0.417 e. The van der Waals surface area contributed by atoms with Crippen molar-refractivity contribution in [2.45, 2.75) is 19.6 Å². The number of halogens is 4. The van der Waals surface area contributed by atoms with E-state index in [4.69, 9.17) is 5.11 Å². The van der Waals surface area contributed by atoms with Crippen LogP contribution < -0.4 is 10.8 Å². The molecule has 0 radical (unpaired) electrons. The number of alkyl halides is 3. The van der Waals surface area contributed by atoms with Crippen molar-refractivity contribution < 1.29 is 32.3 Å². The number of pyridine rings is 2. The Morgan fingerprint density at radius 3 is 2.68 bits per heavy atom. The van der Waals surface area contributed by atoms with Crippen LogP contribution in [0, 0.1) is 12.7 Å². The molecule has 7 nitrogen and oxygen atoms in total. The van der Waals surface area contributed by atoms with Gasteiger partial charge in [-0.3, -0.25) is 14.6 Å². The molecule has 0 aliphatic carbocycles. The van der Waals surface area contributed by atoms with Gasteiger partial charge in [0.25, 0.3) is 5.91 Å². The maximum absolute atomic E-state index is 14.6. The topological polar surface area (TPSA) is 96.4 Å². The van der Waals surface area contributed by atoms with Crippen molar-refractivity contribution in [3.05, 3.63) is 88.9 Å². The van der Waals surface area contributed by atoms with Crippen molar-refractivity contribution >= 4 is 22.6 Å². The molecule has 0 aliphatic heterocycles. The van der Waals surface area contributed by atoms with Crippen LogP contribution in [0.4, 0.5) is 23.4 Å². The molecule has 0 spiro atoms. The molecule has 2 aromatic carbocycles. The molecule has 0 saturated heterocycles. The first kappa shape index (κ1) is 26.0. The second-order valence-corrected chi connectivity index (χ2v) is 8.12. The normalized spacial score (nSPS) is 11.5. The number of amides is 1. The lowest BCUT2D eigenvalue weighted by Crippen LogP contribution is -2.27. The fourth-order valence-electron chi connectivity index (χ4n) is 3.68. The Labute approximate surface area is 209 Å². The minimum Gasteiger partial charge on any atom is -0.394 e. The molecule has 4 aromatic rings. The highest BCUT2D eigenvalue weighted by Gasteiger charge is 2.35. The minimum atomic E-state index is -4.83. The van der Waals surface area contributed by atoms with Crippen LogP contribution in [-0.4, -0.2) is 34.2 Å². The molecular weight excluding hydrogens is 492 g/mol. The van der Waals surface area contributed by atoms with Crippen molar-refractivity contribution in [3.63, 3.8) is 0 Å². The first-order valence-electron chi connectivity index (χ1n) is 11.2. The molecule has 0 saturated carbocycles. The molecule has 3 N–H and O–H groups in total. The molecule has 0 bridgehead atoms. The van der Waals surface area contributed by atoms with E-state index < -0.39 is 35.6 Å². The highest BCUT2D eigenvalue weighted by molar-refractivity contribution is 5.95. The average Bonchev–Trinajstić information content (AvgIpc) is 2.87. The summed E-state index contributed by atoms with van der Waals surface area (Å²) in [6.45, 7) is 1.18. The van der Waals surface area contributed by atoms with E-state index in [0.717, 1.165) is 17.5 Å². The van der Waals surface area contributed by atoms with E-state index in [1.54, 1.807) is 37.4 Å². The van der Waals surface area contributed by atoms with Crippen molar-refractivity contribution in [1.82, 2.24) is 15.4 Å². The van der Waals surface area contributed by atoms with E-state index in [0.29, 0.717) is 22.5 Å². The number of nitrogens with one attached hydrogen (secondary N) is 2. The summed E-state index contributed by atoms with van der Waals surface area (Å²) in [6, 6.07) is 13.0. The number of carbonyl (C=O) groups is 1. The number of aliphatic hydroxyl groups excluding tert-OH is 1. The highest BCUT2D eigenvalue weighted by Crippen LogP contribution is 2.35. The van der Waals surface area contributed by atoms with Gasteiger partial charge in [-0.1, -0.05) is 18.2 Å². The summed E-state index contributed by atoms with van der Waals surface area (Å²) in [7, 11) is 0. The van der Waals surface area contributed by atoms with E-state index >= 15 is 0 Å². The summed E-state index contributed by atoms with van der Waals surface area (Å²) in [5.74, 6) is -1.17. The molecule has 0 atom stereocenters. The van der Waals surface area contributed by atoms with Crippen LogP contribution in [0.5, 0.6) is 0 Å². The van der Waals surface area contributed by atoms with Gasteiger partial charge in [0.05, 0.1) is 35.6 Å². The van der Waals surface area contributed by atoms with Gasteiger partial charge in [0, 0.05) is 35.3 Å². The molecule has 0 aliphatic rings. The van der Waals surface area contributed by atoms with Gasteiger partial charge in [-0.2, -0.15) is 13.2 Å². The zero-order valence-corrected chi connectivity index (χ0v) is 19.6. The smallest absolute Gasteiger partial charge is 0.394 e. The molecule has 2 aromatic heterocycles. The number of hydrogen-bond acceptors (Lipinski definition) is 6. The number of rotatable bonds is 8. The Bertz CT molecular complexity index is 1440. The summed E-state index contributed by atoms with van der Waals surface area (Å²) in [4.78, 5) is 25.4. The number of carbonyl (C=O) groups excluding carboxylic acids is 1. The number of fused-ring (bicyclic) bond motifs is 1. The van der Waals surface area contributed by atoms with Crippen LogP contribution in [0.2, 0.25) is 0 Å². The van der Waals surface area contributed by atoms with Crippen LogP contribution in [0.1, 0.15) is 27.0 Å². The summed E-state index contributed by atoms with van der Waals surface area (Å²) in [5.41, 5.74) is 2.04. The lowest BCUT2D eigenvalue weighted by atomic mass is 10.0. The Kier molecular flexibility index (Phi) is 7.65. The van der Waals surface area contributed by atoms with Crippen LogP contribution in [0.15, 0.2) is 60.8 Å². The van der Waals surface area contributed by atoms with Gasteiger partial charge in [-0.15, -0.1) is 0 Å². The predicted molar refractivity (Wildman–Crippen MR) is 129 cm³/mol. The maximum atomic E-state index is 14.6. The van der Waals surface area contributed by atoms with Gasteiger partial charge in [0.1, 0.15) is 11.6 Å². The number of nitrogens with zero attached hydrogens (tertiary/aromatic N) is 2. The summed E-state index contributed by atoms with van der Waals surface area (Å²) in [6.07, 6.45) is -3.25. The number of anilines is 1. The largest absolute Gasteiger partial charge is 0.417 e. The van der Waals surface area contributed by atoms with Crippen molar-refractivity contribution in [1.29, 1.82) is 0 Å². The van der Waals surface area contributed by atoms with E-state index in [-0.39, 0.29) is 24.4 Å². The fraction of sp³-hybridized carbons (Fsp3) is 0.192. The second kappa shape index (κ2) is 10.9. The van der Waals surface area contributed by atoms with Gasteiger partial charge in [-0.25, -0.2) is 14.9 Å². The number of benzene rings is 2. The van der Waals surface area contributed by atoms with Gasteiger partial charge < -0.3 is 10.4 Å². The predicted octanol–water partition coefficient (Wildman–Crippen LogP) is 5.03. The van der Waals surface area contributed by atoms with Crippen molar-refractivity contribution in [2.75, 3.05) is 18.5 Å².